The van der Waals surface area contributed by atoms with Crippen LogP contribution in [0.25, 0.3) is 10.9 Å². The number of aromatic nitrogens is 1. The second kappa shape index (κ2) is 7.67. The van der Waals surface area contributed by atoms with Gasteiger partial charge in [-0.05, 0) is 50.7 Å². The molecule has 0 spiro atoms. The maximum atomic E-state index is 13.0. The van der Waals surface area contributed by atoms with Crippen LogP contribution in [-0.4, -0.2) is 27.5 Å². The van der Waals surface area contributed by atoms with Gasteiger partial charge in [-0.1, -0.05) is 25.1 Å². The number of nitrogens with one attached hydrogen (secondary N) is 2. The Labute approximate surface area is 160 Å². The molecule has 2 aromatic rings. The summed E-state index contributed by atoms with van der Waals surface area (Å²) < 4.78 is 5.76. The molecule has 1 fully saturated rings. The van der Waals surface area contributed by atoms with Crippen LogP contribution in [0.4, 0.5) is 0 Å². The Hall–Kier alpha value is -2.43. The summed E-state index contributed by atoms with van der Waals surface area (Å²) in [6.45, 7) is 7.89. The number of para-hydroxylation sites is 1. The Bertz CT molecular complexity index is 831. The predicted octanol–water partition coefficient (Wildman–Crippen LogP) is 4.46. The first-order chi connectivity index (χ1) is 12.8. The number of fused-ring (bicyclic) bond motifs is 1. The van der Waals surface area contributed by atoms with Gasteiger partial charge in [0.15, 0.2) is 5.78 Å². The fourth-order valence-corrected chi connectivity index (χ4v) is 3.44. The van der Waals surface area contributed by atoms with Crippen LogP contribution in [0.3, 0.4) is 0 Å². The second-order valence-corrected chi connectivity index (χ2v) is 8.61. The van der Waals surface area contributed by atoms with E-state index in [9.17, 15) is 9.90 Å². The summed E-state index contributed by atoms with van der Waals surface area (Å²) in [4.78, 5) is 16.2. The highest BCUT2D eigenvalue weighted by Gasteiger charge is 2.36. The Morgan fingerprint density at radius 3 is 2.74 bits per heavy atom. The van der Waals surface area contributed by atoms with Crippen LogP contribution >= 0.6 is 0 Å². The van der Waals surface area contributed by atoms with Gasteiger partial charge in [0.2, 0.25) is 5.88 Å². The van der Waals surface area contributed by atoms with Crippen LogP contribution in [0.1, 0.15) is 46.1 Å². The number of aliphatic hydroxyl groups excluding tert-OH is 1. The molecule has 3 N–H and O–H groups in total. The number of Topliss-reactive ketones (excluding diaryl/α,β-unsaturated/α-hetero) is 1. The highest BCUT2D eigenvalue weighted by Crippen LogP contribution is 2.41. The van der Waals surface area contributed by atoms with Crippen molar-refractivity contribution in [1.82, 2.24) is 10.3 Å². The molecule has 5 heteroatoms. The highest BCUT2D eigenvalue weighted by molar-refractivity contribution is 5.87. The van der Waals surface area contributed by atoms with Gasteiger partial charge in [0.25, 0.3) is 0 Å². The first-order valence-electron chi connectivity index (χ1n) is 9.64. The first kappa shape index (κ1) is 19.3. The van der Waals surface area contributed by atoms with Gasteiger partial charge in [-0.15, -0.1) is 0 Å². The summed E-state index contributed by atoms with van der Waals surface area (Å²) in [5.74, 6) is 1.49. The lowest BCUT2D eigenvalue weighted by Gasteiger charge is -2.26. The molecule has 0 radical (unpaired) electrons. The fourth-order valence-electron chi connectivity index (χ4n) is 3.44. The third-order valence-electron chi connectivity index (χ3n) is 5.08. The molecule has 1 aliphatic carbocycles. The zero-order valence-electron chi connectivity index (χ0n) is 16.6. The SMILES string of the molecule is CC1C[C@H]1CC(=O)C(Cc1c[nH]c2ccccc12)N/C(=C/O)OC(C)(C)C. The molecule has 1 heterocycles. The molecule has 146 valence electrons. The molecule has 0 amide bonds. The summed E-state index contributed by atoms with van der Waals surface area (Å²) in [5, 5.41) is 13.8. The largest absolute Gasteiger partial charge is 0.510 e. The fraction of sp³-hybridized carbons (Fsp3) is 0.500. The van der Waals surface area contributed by atoms with Gasteiger partial charge in [0.05, 0.1) is 6.04 Å². The van der Waals surface area contributed by atoms with Crippen LogP contribution in [0.15, 0.2) is 42.6 Å². The van der Waals surface area contributed by atoms with Gasteiger partial charge >= 0.3 is 0 Å². The molecular weight excluding hydrogens is 340 g/mol. The average molecular weight is 370 g/mol. The molecule has 1 saturated carbocycles. The third kappa shape index (κ3) is 5.06. The van der Waals surface area contributed by atoms with Gasteiger partial charge in [-0.25, -0.2) is 0 Å². The number of H-pyrrole nitrogens is 1. The molecule has 1 aromatic heterocycles. The monoisotopic (exact) mass is 370 g/mol. The molecule has 0 saturated heterocycles. The molecule has 27 heavy (non-hydrogen) atoms. The molecule has 3 rings (SSSR count). The number of hydrogen-bond acceptors (Lipinski definition) is 4. The number of carbonyl (C=O) groups is 1. The molecule has 2 unspecified atom stereocenters. The van der Waals surface area contributed by atoms with Crippen LogP contribution < -0.4 is 5.32 Å². The van der Waals surface area contributed by atoms with Crippen molar-refractivity contribution in [3.63, 3.8) is 0 Å². The van der Waals surface area contributed by atoms with Crippen molar-refractivity contribution in [3.8, 4) is 0 Å². The number of rotatable bonds is 8. The maximum absolute atomic E-state index is 13.0. The van der Waals surface area contributed by atoms with Crippen LogP contribution in [0.2, 0.25) is 0 Å². The van der Waals surface area contributed by atoms with E-state index in [1.165, 1.54) is 0 Å². The van der Waals surface area contributed by atoms with Crippen LogP contribution in [-0.2, 0) is 16.0 Å². The Morgan fingerprint density at radius 1 is 1.41 bits per heavy atom. The van der Waals surface area contributed by atoms with Crippen molar-refractivity contribution < 1.29 is 14.6 Å². The van der Waals surface area contributed by atoms with Gasteiger partial charge < -0.3 is 20.1 Å². The summed E-state index contributed by atoms with van der Waals surface area (Å²) in [6, 6.07) is 7.62. The normalized spacial score (nSPS) is 21.1. The molecule has 5 nitrogen and oxygen atoms in total. The van der Waals surface area contributed by atoms with E-state index in [0.717, 1.165) is 29.1 Å². The van der Waals surface area contributed by atoms with Crippen LogP contribution in [0.5, 0.6) is 0 Å². The van der Waals surface area contributed by atoms with E-state index in [1.54, 1.807) is 0 Å². The lowest BCUT2D eigenvalue weighted by molar-refractivity contribution is -0.121. The third-order valence-corrected chi connectivity index (χ3v) is 5.08. The van der Waals surface area contributed by atoms with E-state index in [0.29, 0.717) is 24.7 Å². The molecule has 3 atom stereocenters. The van der Waals surface area contributed by atoms with Crippen molar-refractivity contribution in [2.45, 2.75) is 58.6 Å². The van der Waals surface area contributed by atoms with E-state index in [1.807, 2.05) is 45.2 Å². The van der Waals surface area contributed by atoms with E-state index < -0.39 is 11.6 Å². The number of ether oxygens (including phenoxy) is 1. The molecule has 1 aliphatic rings. The van der Waals surface area contributed by atoms with Gasteiger partial charge in [-0.2, -0.15) is 0 Å². The topological polar surface area (TPSA) is 74.4 Å². The van der Waals surface area contributed by atoms with Crippen molar-refractivity contribution in [2.24, 2.45) is 11.8 Å². The molecule has 1 aromatic carbocycles. The summed E-state index contributed by atoms with van der Waals surface area (Å²) >= 11 is 0. The Morgan fingerprint density at radius 2 is 2.11 bits per heavy atom. The number of ketones is 1. The lowest BCUT2D eigenvalue weighted by Crippen LogP contribution is -2.40. The average Bonchev–Trinajstić information content (AvgIpc) is 3.14. The van der Waals surface area contributed by atoms with Crippen LogP contribution in [0, 0.1) is 11.8 Å². The van der Waals surface area contributed by atoms with Crippen molar-refractivity contribution in [1.29, 1.82) is 0 Å². The van der Waals surface area contributed by atoms with Crippen molar-refractivity contribution in [3.05, 3.63) is 48.2 Å². The van der Waals surface area contributed by atoms with Gasteiger partial charge in [0, 0.05) is 29.9 Å². The lowest BCUT2D eigenvalue weighted by atomic mass is 9.98. The number of aliphatic hydroxyl groups is 1. The second-order valence-electron chi connectivity index (χ2n) is 8.61. The van der Waals surface area contributed by atoms with E-state index in [-0.39, 0.29) is 11.7 Å². The smallest absolute Gasteiger partial charge is 0.223 e. The molecule has 0 aliphatic heterocycles. The minimum Gasteiger partial charge on any atom is -0.510 e. The van der Waals surface area contributed by atoms with Crippen molar-refractivity contribution >= 4 is 16.7 Å². The first-order valence-corrected chi connectivity index (χ1v) is 9.64. The zero-order chi connectivity index (χ0) is 19.6. The zero-order valence-corrected chi connectivity index (χ0v) is 16.6. The van der Waals surface area contributed by atoms with Gasteiger partial charge in [-0.3, -0.25) is 4.79 Å². The quantitative estimate of drug-likeness (QED) is 0.600. The molecular formula is C22H30N2O3. The number of carbonyl (C=O) groups excluding carboxylic acids is 1. The Kier molecular flexibility index (Phi) is 5.49. The minimum atomic E-state index is -0.471. The maximum Gasteiger partial charge on any atom is 0.223 e. The molecule has 0 bridgehead atoms. The number of benzene rings is 1. The predicted molar refractivity (Wildman–Crippen MR) is 107 cm³/mol. The van der Waals surface area contributed by atoms with E-state index in [2.05, 4.69) is 23.3 Å². The number of aromatic amines is 1. The Balaban J connectivity index is 1.79. The van der Waals surface area contributed by atoms with E-state index >= 15 is 0 Å². The minimum absolute atomic E-state index is 0.159. The van der Waals surface area contributed by atoms with Crippen molar-refractivity contribution in [2.75, 3.05) is 0 Å². The summed E-state index contributed by atoms with van der Waals surface area (Å²) in [6.07, 6.45) is 5.08. The van der Waals surface area contributed by atoms with E-state index in [4.69, 9.17) is 4.74 Å². The summed E-state index contributed by atoms with van der Waals surface area (Å²) in [5.41, 5.74) is 1.66. The number of hydrogen-bond donors (Lipinski definition) is 3. The summed E-state index contributed by atoms with van der Waals surface area (Å²) in [7, 11) is 0. The standard InChI is InChI=1S/C22H30N2O3/c1-14-9-15(14)11-20(26)19(24-21(13-25)27-22(2,3)4)10-16-12-23-18-8-6-5-7-17(16)18/h5-8,12-15,19,23-25H,9-11H2,1-4H3/b21-13-/t14?,15-,19?/m0/s1. The highest BCUT2D eigenvalue weighted by atomic mass is 16.5. The van der Waals surface area contributed by atoms with Gasteiger partial charge in [0.1, 0.15) is 11.9 Å².